The van der Waals surface area contributed by atoms with Crippen molar-refractivity contribution in [3.8, 4) is 0 Å². The van der Waals surface area contributed by atoms with Gasteiger partial charge in [0.15, 0.2) is 18.0 Å². The highest BCUT2D eigenvalue weighted by Gasteiger charge is 2.55. The summed E-state index contributed by atoms with van der Waals surface area (Å²) in [4.78, 5) is 22.7. The molecule has 0 spiro atoms. The number of carbonyl (C=O) groups is 2. The van der Waals surface area contributed by atoms with Gasteiger partial charge >= 0.3 is 11.9 Å². The number of esters is 2. The Labute approximate surface area is 111 Å². The molecular formula is C12H18O7. The maximum absolute atomic E-state index is 11.7. The Morgan fingerprint density at radius 2 is 1.84 bits per heavy atom. The van der Waals surface area contributed by atoms with E-state index in [1.165, 1.54) is 14.0 Å². The molecule has 2 saturated heterocycles. The minimum Gasteiger partial charge on any atom is -0.467 e. The number of hydrogen-bond acceptors (Lipinski definition) is 7. The zero-order chi connectivity index (χ0) is 14.2. The average molecular weight is 274 g/mol. The van der Waals surface area contributed by atoms with Crippen LogP contribution in [0.15, 0.2) is 0 Å². The maximum atomic E-state index is 11.7. The molecule has 2 rings (SSSR count). The Morgan fingerprint density at radius 1 is 1.21 bits per heavy atom. The second-order valence-electron chi connectivity index (χ2n) is 4.99. The van der Waals surface area contributed by atoms with Gasteiger partial charge in [-0.25, -0.2) is 4.79 Å². The summed E-state index contributed by atoms with van der Waals surface area (Å²) in [5.74, 6) is -1.83. The molecule has 0 saturated carbocycles. The summed E-state index contributed by atoms with van der Waals surface area (Å²) in [7, 11) is 1.28. The summed E-state index contributed by atoms with van der Waals surface area (Å²) in [5.41, 5.74) is 0. The normalized spacial score (nSPS) is 36.4. The van der Waals surface area contributed by atoms with E-state index in [1.807, 2.05) is 0 Å². The van der Waals surface area contributed by atoms with Gasteiger partial charge in [-0.3, -0.25) is 4.79 Å². The lowest BCUT2D eigenvalue weighted by Crippen LogP contribution is -2.55. The lowest BCUT2D eigenvalue weighted by Gasteiger charge is -2.34. The smallest absolute Gasteiger partial charge is 0.337 e. The van der Waals surface area contributed by atoms with E-state index in [-0.39, 0.29) is 6.61 Å². The van der Waals surface area contributed by atoms with Crippen LogP contribution >= 0.6 is 0 Å². The van der Waals surface area contributed by atoms with E-state index in [9.17, 15) is 9.59 Å². The molecule has 0 aromatic heterocycles. The van der Waals surface area contributed by atoms with Crippen LogP contribution in [-0.2, 0) is 33.3 Å². The molecule has 2 heterocycles. The molecule has 0 radical (unpaired) electrons. The van der Waals surface area contributed by atoms with Gasteiger partial charge < -0.3 is 23.7 Å². The molecule has 0 amide bonds. The van der Waals surface area contributed by atoms with Crippen molar-refractivity contribution in [1.29, 1.82) is 0 Å². The number of hydrogen-bond donors (Lipinski definition) is 0. The molecule has 0 aliphatic carbocycles. The summed E-state index contributed by atoms with van der Waals surface area (Å²) in [5, 5.41) is 0. The van der Waals surface area contributed by atoms with E-state index in [2.05, 4.69) is 4.74 Å². The van der Waals surface area contributed by atoms with Crippen LogP contribution in [0.4, 0.5) is 0 Å². The van der Waals surface area contributed by atoms with Crippen LogP contribution in [0.2, 0.25) is 0 Å². The highest BCUT2D eigenvalue weighted by atomic mass is 16.8. The van der Waals surface area contributed by atoms with Gasteiger partial charge in [0.1, 0.15) is 12.2 Å². The lowest BCUT2D eigenvalue weighted by molar-refractivity contribution is -0.192. The topological polar surface area (TPSA) is 80.3 Å². The minimum absolute atomic E-state index is 0.0694. The third-order valence-electron chi connectivity index (χ3n) is 3.02. The molecule has 4 atom stereocenters. The molecule has 19 heavy (non-hydrogen) atoms. The Hall–Kier alpha value is -1.18. The van der Waals surface area contributed by atoms with Crippen molar-refractivity contribution in [1.82, 2.24) is 0 Å². The number of carbonyl (C=O) groups excluding carboxylic acids is 2. The molecule has 108 valence electrons. The molecular weight excluding hydrogens is 256 g/mol. The highest BCUT2D eigenvalue weighted by molar-refractivity contribution is 5.75. The first-order chi connectivity index (χ1) is 8.84. The monoisotopic (exact) mass is 274 g/mol. The zero-order valence-electron chi connectivity index (χ0n) is 11.4. The van der Waals surface area contributed by atoms with Crippen LogP contribution in [0, 0.1) is 0 Å². The number of rotatable bonds is 2. The van der Waals surface area contributed by atoms with Gasteiger partial charge in [0.2, 0.25) is 0 Å². The molecule has 7 heteroatoms. The maximum Gasteiger partial charge on any atom is 0.337 e. The van der Waals surface area contributed by atoms with Gasteiger partial charge in [-0.1, -0.05) is 0 Å². The van der Waals surface area contributed by atoms with E-state index in [0.717, 1.165) is 0 Å². The second-order valence-corrected chi connectivity index (χ2v) is 4.99. The van der Waals surface area contributed by atoms with Crippen LogP contribution in [0.5, 0.6) is 0 Å². The van der Waals surface area contributed by atoms with Crippen LogP contribution in [0.3, 0.4) is 0 Å². The third-order valence-corrected chi connectivity index (χ3v) is 3.02. The summed E-state index contributed by atoms with van der Waals surface area (Å²) < 4.78 is 26.6. The summed E-state index contributed by atoms with van der Waals surface area (Å²) in [6, 6.07) is 0. The van der Waals surface area contributed by atoms with E-state index < -0.39 is 42.1 Å². The molecule has 2 fully saturated rings. The Balaban J connectivity index is 2.18. The van der Waals surface area contributed by atoms with Crippen molar-refractivity contribution in [2.75, 3.05) is 13.7 Å². The number of fused-ring (bicyclic) bond motifs is 1. The third kappa shape index (κ3) is 2.88. The standard InChI is InChI=1S/C12H18O7/c1-6(13)17-7-5-16-10(11(14)15-4)9-8(7)18-12(2,3)19-9/h7-10H,5H2,1-4H3/t7-,8+,9+,10-/m0/s1. The quantitative estimate of drug-likeness (QED) is 0.656. The largest absolute Gasteiger partial charge is 0.467 e. The van der Waals surface area contributed by atoms with Crippen LogP contribution < -0.4 is 0 Å². The predicted molar refractivity (Wildman–Crippen MR) is 61.1 cm³/mol. The van der Waals surface area contributed by atoms with Crippen LogP contribution in [-0.4, -0.2) is 55.9 Å². The first-order valence-electron chi connectivity index (χ1n) is 6.06. The molecule has 0 aromatic carbocycles. The Bertz CT molecular complexity index is 378. The van der Waals surface area contributed by atoms with Crippen molar-refractivity contribution in [3.05, 3.63) is 0 Å². The van der Waals surface area contributed by atoms with Crippen LogP contribution in [0.1, 0.15) is 20.8 Å². The predicted octanol–water partition coefficient (Wildman–Crippen LogP) is 0.01000. The second kappa shape index (κ2) is 5.07. The minimum atomic E-state index is -0.872. The molecule has 0 unspecified atom stereocenters. The number of ether oxygens (including phenoxy) is 5. The van der Waals surface area contributed by atoms with E-state index in [0.29, 0.717) is 0 Å². The van der Waals surface area contributed by atoms with Gasteiger partial charge in [-0.2, -0.15) is 0 Å². The van der Waals surface area contributed by atoms with Gasteiger partial charge in [-0.15, -0.1) is 0 Å². The summed E-state index contributed by atoms with van der Waals surface area (Å²) in [6.07, 6.45) is -2.66. The van der Waals surface area contributed by atoms with E-state index in [1.54, 1.807) is 13.8 Å². The fraction of sp³-hybridized carbons (Fsp3) is 0.833. The van der Waals surface area contributed by atoms with Crippen molar-refractivity contribution in [2.24, 2.45) is 0 Å². The van der Waals surface area contributed by atoms with E-state index in [4.69, 9.17) is 18.9 Å². The van der Waals surface area contributed by atoms with Crippen LogP contribution in [0.25, 0.3) is 0 Å². The van der Waals surface area contributed by atoms with Crippen molar-refractivity contribution in [3.63, 3.8) is 0 Å². The molecule has 7 nitrogen and oxygen atoms in total. The fourth-order valence-corrected chi connectivity index (χ4v) is 2.36. The highest BCUT2D eigenvalue weighted by Crippen LogP contribution is 2.36. The average Bonchev–Trinajstić information content (AvgIpc) is 2.63. The molecule has 0 bridgehead atoms. The molecule has 2 aliphatic rings. The Morgan fingerprint density at radius 3 is 2.42 bits per heavy atom. The van der Waals surface area contributed by atoms with Crippen molar-refractivity contribution < 1.29 is 33.3 Å². The van der Waals surface area contributed by atoms with Gasteiger partial charge in [0, 0.05) is 6.92 Å². The lowest BCUT2D eigenvalue weighted by atomic mass is 10.00. The zero-order valence-corrected chi connectivity index (χ0v) is 11.4. The van der Waals surface area contributed by atoms with Gasteiger partial charge in [-0.05, 0) is 13.8 Å². The van der Waals surface area contributed by atoms with E-state index >= 15 is 0 Å². The molecule has 0 aromatic rings. The first kappa shape index (κ1) is 14.2. The fourth-order valence-electron chi connectivity index (χ4n) is 2.36. The number of methoxy groups -OCH3 is 1. The van der Waals surface area contributed by atoms with Crippen molar-refractivity contribution in [2.45, 2.75) is 51.0 Å². The summed E-state index contributed by atoms with van der Waals surface area (Å²) in [6.45, 7) is 4.83. The van der Waals surface area contributed by atoms with Gasteiger partial charge in [0.25, 0.3) is 0 Å². The molecule has 2 aliphatic heterocycles. The van der Waals surface area contributed by atoms with Gasteiger partial charge in [0.05, 0.1) is 13.7 Å². The Kier molecular flexibility index (Phi) is 3.80. The first-order valence-corrected chi connectivity index (χ1v) is 6.06. The molecule has 0 N–H and O–H groups in total. The SMILES string of the molecule is COC(=O)[C@H]1OC[C@H](OC(C)=O)[C@H]2OC(C)(C)O[C@H]21. The van der Waals surface area contributed by atoms with Crippen molar-refractivity contribution >= 4 is 11.9 Å². The summed E-state index contributed by atoms with van der Waals surface area (Å²) >= 11 is 0.